The molecule has 18 heavy (non-hydrogen) atoms. The summed E-state index contributed by atoms with van der Waals surface area (Å²) in [6.45, 7) is 11.3. The molecule has 0 radical (unpaired) electrons. The van der Waals surface area contributed by atoms with E-state index in [0.29, 0.717) is 0 Å². The second kappa shape index (κ2) is 5.69. The van der Waals surface area contributed by atoms with Crippen molar-refractivity contribution in [2.45, 2.75) is 60.0 Å². The molecule has 1 amide bonds. The molecule has 2 atom stereocenters. The monoisotopic (exact) mass is 258 g/mol. The lowest BCUT2D eigenvalue weighted by Gasteiger charge is -2.33. The van der Waals surface area contributed by atoms with Gasteiger partial charge < -0.3 is 16.2 Å². The molecule has 0 aromatic carbocycles. The number of hydrogen-bond donors (Lipinski definition) is 3. The maximum atomic E-state index is 12.0. The Morgan fingerprint density at radius 2 is 1.56 bits per heavy atom. The first-order valence-corrected chi connectivity index (χ1v) is 6.13. The molecular weight excluding hydrogens is 232 g/mol. The van der Waals surface area contributed by atoms with Crippen LogP contribution in [-0.4, -0.2) is 29.1 Å². The third-order valence-electron chi connectivity index (χ3n) is 2.96. The molecule has 0 bridgehead atoms. The van der Waals surface area contributed by atoms with E-state index in [2.05, 4.69) is 5.32 Å². The first kappa shape index (κ1) is 16.9. The number of carboxylic acids is 1. The van der Waals surface area contributed by atoms with E-state index in [1.165, 1.54) is 0 Å². The molecule has 0 aromatic rings. The van der Waals surface area contributed by atoms with E-state index in [0.717, 1.165) is 0 Å². The van der Waals surface area contributed by atoms with Gasteiger partial charge in [-0.05, 0) is 10.8 Å². The number of amides is 1. The van der Waals surface area contributed by atoms with Crippen LogP contribution in [0.15, 0.2) is 0 Å². The maximum absolute atomic E-state index is 12.0. The average Bonchev–Trinajstić information content (AvgIpc) is 2.11. The molecule has 106 valence electrons. The fourth-order valence-electron chi connectivity index (χ4n) is 1.40. The number of aliphatic carboxylic acids is 1. The van der Waals surface area contributed by atoms with Crippen LogP contribution >= 0.6 is 0 Å². The number of hydrogen-bond acceptors (Lipinski definition) is 3. The van der Waals surface area contributed by atoms with Crippen molar-refractivity contribution >= 4 is 11.9 Å². The quantitative estimate of drug-likeness (QED) is 0.710. The largest absolute Gasteiger partial charge is 0.481 e. The second-order valence-electron chi connectivity index (χ2n) is 6.87. The summed E-state index contributed by atoms with van der Waals surface area (Å²) in [5.74, 6) is -1.23. The molecule has 0 heterocycles. The number of nitrogens with one attached hydrogen (secondary N) is 1. The average molecular weight is 258 g/mol. The Bertz CT molecular complexity index is 313. The lowest BCUT2D eigenvalue weighted by molar-refractivity contribution is -0.138. The zero-order chi connectivity index (χ0) is 14.7. The van der Waals surface area contributed by atoms with Gasteiger partial charge in [0.25, 0.3) is 0 Å². The first-order valence-electron chi connectivity index (χ1n) is 6.13. The molecule has 0 aliphatic rings. The number of rotatable bonds is 4. The molecule has 5 nitrogen and oxygen atoms in total. The highest BCUT2D eigenvalue weighted by molar-refractivity contribution is 5.83. The summed E-state index contributed by atoms with van der Waals surface area (Å²) < 4.78 is 0. The minimum atomic E-state index is -0.931. The molecule has 0 fully saturated rings. The summed E-state index contributed by atoms with van der Waals surface area (Å²) in [5.41, 5.74) is 5.18. The van der Waals surface area contributed by atoms with Gasteiger partial charge in [0, 0.05) is 6.04 Å². The minimum absolute atomic E-state index is 0.105. The Morgan fingerprint density at radius 3 is 1.83 bits per heavy atom. The topological polar surface area (TPSA) is 92.4 Å². The van der Waals surface area contributed by atoms with Gasteiger partial charge in [-0.1, -0.05) is 41.5 Å². The zero-order valence-electron chi connectivity index (χ0n) is 12.2. The summed E-state index contributed by atoms with van der Waals surface area (Å²) >= 11 is 0. The molecule has 0 aliphatic heterocycles. The van der Waals surface area contributed by atoms with E-state index >= 15 is 0 Å². The Labute approximate surface area is 109 Å². The number of carboxylic acid groups (broad SMARTS) is 1. The van der Waals surface area contributed by atoms with Crippen LogP contribution in [0.4, 0.5) is 0 Å². The summed E-state index contributed by atoms with van der Waals surface area (Å²) in [5, 5.41) is 11.6. The molecule has 0 saturated heterocycles. The van der Waals surface area contributed by atoms with E-state index < -0.39 is 18.1 Å². The van der Waals surface area contributed by atoms with Crippen LogP contribution in [0.2, 0.25) is 0 Å². The summed E-state index contributed by atoms with van der Waals surface area (Å²) in [7, 11) is 0. The van der Waals surface area contributed by atoms with Crippen LogP contribution in [0, 0.1) is 10.8 Å². The van der Waals surface area contributed by atoms with Crippen molar-refractivity contribution in [3.63, 3.8) is 0 Å². The van der Waals surface area contributed by atoms with Gasteiger partial charge >= 0.3 is 5.97 Å². The maximum Gasteiger partial charge on any atom is 0.305 e. The number of carbonyl (C=O) groups is 2. The van der Waals surface area contributed by atoms with E-state index in [9.17, 15) is 9.59 Å². The van der Waals surface area contributed by atoms with Gasteiger partial charge in [0.15, 0.2) is 0 Å². The Morgan fingerprint density at radius 1 is 1.11 bits per heavy atom. The predicted octanol–water partition coefficient (Wildman–Crippen LogP) is 1.37. The third-order valence-corrected chi connectivity index (χ3v) is 2.96. The molecule has 0 aliphatic carbocycles. The van der Waals surface area contributed by atoms with Gasteiger partial charge in [0.2, 0.25) is 5.91 Å². The van der Waals surface area contributed by atoms with Gasteiger partial charge in [0.1, 0.15) is 0 Å². The highest BCUT2D eigenvalue weighted by Crippen LogP contribution is 2.23. The summed E-state index contributed by atoms with van der Waals surface area (Å²) in [6, 6.07) is -1.09. The van der Waals surface area contributed by atoms with Crippen molar-refractivity contribution in [2.75, 3.05) is 0 Å². The van der Waals surface area contributed by atoms with Crippen LogP contribution in [0.25, 0.3) is 0 Å². The number of carbonyl (C=O) groups excluding carboxylic acids is 1. The van der Waals surface area contributed by atoms with E-state index in [-0.39, 0.29) is 23.2 Å². The molecule has 1 unspecified atom stereocenters. The fourth-order valence-corrected chi connectivity index (χ4v) is 1.40. The molecule has 5 heteroatoms. The highest BCUT2D eigenvalue weighted by Gasteiger charge is 2.33. The van der Waals surface area contributed by atoms with Gasteiger partial charge in [-0.3, -0.25) is 9.59 Å². The van der Waals surface area contributed by atoms with Crippen molar-refractivity contribution in [3.05, 3.63) is 0 Å². The van der Waals surface area contributed by atoms with Gasteiger partial charge in [-0.25, -0.2) is 0 Å². The van der Waals surface area contributed by atoms with Crippen LogP contribution < -0.4 is 11.1 Å². The van der Waals surface area contributed by atoms with Crippen LogP contribution in [0.5, 0.6) is 0 Å². The summed E-state index contributed by atoms with van der Waals surface area (Å²) in [4.78, 5) is 22.8. The summed E-state index contributed by atoms with van der Waals surface area (Å²) in [6.07, 6.45) is -0.105. The van der Waals surface area contributed by atoms with Crippen molar-refractivity contribution in [2.24, 2.45) is 16.6 Å². The Balaban J connectivity index is 4.80. The van der Waals surface area contributed by atoms with Crippen molar-refractivity contribution in [3.8, 4) is 0 Å². The van der Waals surface area contributed by atoms with Crippen molar-refractivity contribution < 1.29 is 14.7 Å². The molecule has 4 N–H and O–H groups in total. The first-order chi connectivity index (χ1) is 7.85. The van der Waals surface area contributed by atoms with Crippen LogP contribution in [0.3, 0.4) is 0 Å². The van der Waals surface area contributed by atoms with E-state index in [1.54, 1.807) is 0 Å². The molecule has 0 rings (SSSR count). The van der Waals surface area contributed by atoms with Gasteiger partial charge in [0.05, 0.1) is 12.5 Å². The van der Waals surface area contributed by atoms with Gasteiger partial charge in [-0.15, -0.1) is 0 Å². The normalized spacial score (nSPS) is 15.9. The Kier molecular flexibility index (Phi) is 5.35. The molecule has 0 aromatic heterocycles. The lowest BCUT2D eigenvalue weighted by Crippen LogP contribution is -2.54. The van der Waals surface area contributed by atoms with E-state index in [1.807, 2.05) is 41.5 Å². The van der Waals surface area contributed by atoms with Crippen LogP contribution in [0.1, 0.15) is 48.0 Å². The lowest BCUT2D eigenvalue weighted by atomic mass is 9.83. The molecule has 0 saturated carbocycles. The predicted molar refractivity (Wildman–Crippen MR) is 71.1 cm³/mol. The standard InChI is InChI=1S/C13H26N2O3/c1-12(2,3)8(7-9(16)17)15-11(18)10(14)13(4,5)6/h8,10H,7,14H2,1-6H3,(H,15,18)(H,16,17)/t8?,10-/m0/s1. The van der Waals surface area contributed by atoms with E-state index in [4.69, 9.17) is 10.8 Å². The molecular formula is C13H26N2O3. The SMILES string of the molecule is CC(C)(C)C(CC(=O)O)NC(=O)[C@H](N)C(C)(C)C. The Hall–Kier alpha value is -1.10. The highest BCUT2D eigenvalue weighted by atomic mass is 16.4. The van der Waals surface area contributed by atoms with Crippen molar-refractivity contribution in [1.82, 2.24) is 5.32 Å². The van der Waals surface area contributed by atoms with Crippen molar-refractivity contribution in [1.29, 1.82) is 0 Å². The minimum Gasteiger partial charge on any atom is -0.481 e. The second-order valence-corrected chi connectivity index (χ2v) is 6.87. The van der Waals surface area contributed by atoms with Gasteiger partial charge in [-0.2, -0.15) is 0 Å². The fraction of sp³-hybridized carbons (Fsp3) is 0.846. The smallest absolute Gasteiger partial charge is 0.305 e. The number of nitrogens with two attached hydrogens (primary N) is 1. The molecule has 0 spiro atoms. The van der Waals surface area contributed by atoms with Crippen LogP contribution in [-0.2, 0) is 9.59 Å². The third kappa shape index (κ3) is 5.49. The zero-order valence-corrected chi connectivity index (χ0v) is 12.2.